The van der Waals surface area contributed by atoms with E-state index in [0.29, 0.717) is 36.3 Å². The number of hydrogen-bond acceptors (Lipinski definition) is 5. The molecule has 4 rings (SSSR count). The van der Waals surface area contributed by atoms with E-state index in [0.717, 1.165) is 30.1 Å². The fourth-order valence-corrected chi connectivity index (χ4v) is 3.73. The number of nitrogens with zero attached hydrogens (tertiary/aromatic N) is 3. The zero-order valence-corrected chi connectivity index (χ0v) is 17.3. The van der Waals surface area contributed by atoms with Gasteiger partial charge in [0.1, 0.15) is 5.76 Å². The van der Waals surface area contributed by atoms with Gasteiger partial charge in [0.05, 0.1) is 11.3 Å². The number of ketones is 1. The molecule has 1 aliphatic rings. The van der Waals surface area contributed by atoms with Crippen LogP contribution in [0.15, 0.2) is 59.1 Å². The Balaban J connectivity index is 1.45. The van der Waals surface area contributed by atoms with Gasteiger partial charge in [0.15, 0.2) is 5.78 Å². The van der Waals surface area contributed by atoms with E-state index in [2.05, 4.69) is 10.1 Å². The third kappa shape index (κ3) is 4.33. The highest BCUT2D eigenvalue weighted by Crippen LogP contribution is 2.19. The van der Waals surface area contributed by atoms with Gasteiger partial charge < -0.3 is 9.42 Å². The van der Waals surface area contributed by atoms with Gasteiger partial charge in [0.25, 0.3) is 5.91 Å². The van der Waals surface area contributed by atoms with Gasteiger partial charge in [0, 0.05) is 49.9 Å². The van der Waals surface area contributed by atoms with Crippen LogP contribution < -0.4 is 0 Å². The zero-order valence-electron chi connectivity index (χ0n) is 17.3. The van der Waals surface area contributed by atoms with Gasteiger partial charge >= 0.3 is 0 Å². The molecule has 3 aromatic rings. The van der Waals surface area contributed by atoms with Gasteiger partial charge in [-0.25, -0.2) is 0 Å². The van der Waals surface area contributed by atoms with Crippen LogP contribution in [0, 0.1) is 13.8 Å². The maximum atomic E-state index is 13.2. The van der Waals surface area contributed by atoms with E-state index in [1.807, 2.05) is 55.1 Å². The molecular formula is C24H25N3O3. The predicted molar refractivity (Wildman–Crippen MR) is 113 cm³/mol. The predicted octanol–water partition coefficient (Wildman–Crippen LogP) is 3.48. The summed E-state index contributed by atoms with van der Waals surface area (Å²) in [5.41, 5.74) is 3.50. The summed E-state index contributed by atoms with van der Waals surface area (Å²) in [6, 6.07) is 16.5. The van der Waals surface area contributed by atoms with Gasteiger partial charge in [-0.15, -0.1) is 0 Å². The molecule has 6 nitrogen and oxygen atoms in total. The highest BCUT2D eigenvalue weighted by atomic mass is 16.5. The molecule has 1 saturated heterocycles. The average Bonchev–Trinajstić information content (AvgIpc) is 3.18. The van der Waals surface area contributed by atoms with Crippen molar-refractivity contribution >= 4 is 11.7 Å². The van der Waals surface area contributed by atoms with E-state index < -0.39 is 0 Å². The van der Waals surface area contributed by atoms with Crippen molar-refractivity contribution in [1.29, 1.82) is 0 Å². The number of aromatic nitrogens is 1. The van der Waals surface area contributed by atoms with Crippen molar-refractivity contribution in [3.05, 3.63) is 88.3 Å². The molecule has 30 heavy (non-hydrogen) atoms. The number of piperazine rings is 1. The lowest BCUT2D eigenvalue weighted by Crippen LogP contribution is -2.48. The molecule has 1 amide bonds. The summed E-state index contributed by atoms with van der Waals surface area (Å²) in [7, 11) is 0. The van der Waals surface area contributed by atoms with Crippen molar-refractivity contribution in [3.8, 4) is 0 Å². The number of aryl methyl sites for hydroxylation is 2. The molecule has 2 heterocycles. The molecule has 0 radical (unpaired) electrons. The highest BCUT2D eigenvalue weighted by molar-refractivity contribution is 6.15. The molecule has 6 heteroatoms. The van der Waals surface area contributed by atoms with E-state index in [-0.39, 0.29) is 11.7 Å². The Hall–Kier alpha value is -3.25. The maximum Gasteiger partial charge on any atom is 0.254 e. The van der Waals surface area contributed by atoms with Gasteiger partial charge in [-0.1, -0.05) is 53.2 Å². The first-order chi connectivity index (χ1) is 14.5. The second-order valence-corrected chi connectivity index (χ2v) is 7.74. The van der Waals surface area contributed by atoms with Crippen molar-refractivity contribution in [2.45, 2.75) is 20.4 Å². The minimum atomic E-state index is -0.126. The van der Waals surface area contributed by atoms with Crippen molar-refractivity contribution in [1.82, 2.24) is 15.0 Å². The fraction of sp³-hybridized carbons (Fsp3) is 0.292. The topological polar surface area (TPSA) is 66.7 Å². The van der Waals surface area contributed by atoms with Crippen molar-refractivity contribution in [3.63, 3.8) is 0 Å². The van der Waals surface area contributed by atoms with E-state index in [4.69, 9.17) is 4.52 Å². The van der Waals surface area contributed by atoms with Gasteiger partial charge in [0.2, 0.25) is 0 Å². The quantitative estimate of drug-likeness (QED) is 0.610. The third-order valence-electron chi connectivity index (χ3n) is 5.44. The monoisotopic (exact) mass is 403 g/mol. The number of amides is 1. The van der Waals surface area contributed by atoms with Crippen molar-refractivity contribution in [2.24, 2.45) is 0 Å². The minimum absolute atomic E-state index is 0.0945. The number of carbonyl (C=O) groups excluding carboxylic acids is 2. The summed E-state index contributed by atoms with van der Waals surface area (Å²) in [5, 5.41) is 4.04. The minimum Gasteiger partial charge on any atom is -0.361 e. The Morgan fingerprint density at radius 2 is 1.60 bits per heavy atom. The molecule has 0 saturated carbocycles. The molecule has 1 aliphatic heterocycles. The van der Waals surface area contributed by atoms with Crippen molar-refractivity contribution < 1.29 is 14.1 Å². The zero-order chi connectivity index (χ0) is 21.1. The third-order valence-corrected chi connectivity index (χ3v) is 5.44. The van der Waals surface area contributed by atoms with E-state index in [1.165, 1.54) is 0 Å². The largest absolute Gasteiger partial charge is 0.361 e. The van der Waals surface area contributed by atoms with Crippen LogP contribution in [0.2, 0.25) is 0 Å². The molecule has 2 aromatic carbocycles. The molecule has 0 aliphatic carbocycles. The van der Waals surface area contributed by atoms with Gasteiger partial charge in [-0.2, -0.15) is 0 Å². The average molecular weight is 403 g/mol. The summed E-state index contributed by atoms with van der Waals surface area (Å²) in [4.78, 5) is 30.3. The molecular weight excluding hydrogens is 378 g/mol. The number of rotatable bonds is 5. The second-order valence-electron chi connectivity index (χ2n) is 7.74. The number of carbonyl (C=O) groups is 2. The summed E-state index contributed by atoms with van der Waals surface area (Å²) in [5.74, 6) is 0.579. The Morgan fingerprint density at radius 1 is 0.933 bits per heavy atom. The molecule has 1 aromatic heterocycles. The van der Waals surface area contributed by atoms with Crippen molar-refractivity contribution in [2.75, 3.05) is 26.2 Å². The molecule has 1 fully saturated rings. The summed E-state index contributed by atoms with van der Waals surface area (Å²) >= 11 is 0. The molecule has 0 unspecified atom stereocenters. The van der Waals surface area contributed by atoms with E-state index in [1.54, 1.807) is 18.2 Å². The summed E-state index contributed by atoms with van der Waals surface area (Å²) < 4.78 is 5.13. The lowest BCUT2D eigenvalue weighted by atomic mass is 9.97. The first-order valence-electron chi connectivity index (χ1n) is 10.2. The second kappa shape index (κ2) is 8.63. The first-order valence-corrected chi connectivity index (χ1v) is 10.2. The van der Waals surface area contributed by atoms with Crippen LogP contribution in [0.3, 0.4) is 0 Å². The maximum absolute atomic E-state index is 13.2. The van der Waals surface area contributed by atoms with Crippen LogP contribution >= 0.6 is 0 Å². The highest BCUT2D eigenvalue weighted by Gasteiger charge is 2.26. The van der Waals surface area contributed by atoms with Crippen LogP contribution in [0.5, 0.6) is 0 Å². The van der Waals surface area contributed by atoms with Gasteiger partial charge in [-0.05, 0) is 19.9 Å². The Morgan fingerprint density at radius 3 is 2.23 bits per heavy atom. The van der Waals surface area contributed by atoms with E-state index >= 15 is 0 Å². The normalized spacial score (nSPS) is 14.7. The lowest BCUT2D eigenvalue weighted by Gasteiger charge is -2.34. The van der Waals surface area contributed by atoms with Gasteiger partial charge in [-0.3, -0.25) is 14.5 Å². The lowest BCUT2D eigenvalue weighted by molar-refractivity contribution is 0.0623. The van der Waals surface area contributed by atoms with Crippen LogP contribution in [-0.2, 0) is 6.54 Å². The molecule has 0 N–H and O–H groups in total. The first kappa shape index (κ1) is 20.0. The molecule has 0 bridgehead atoms. The van der Waals surface area contributed by atoms with Crippen LogP contribution in [-0.4, -0.2) is 52.8 Å². The smallest absolute Gasteiger partial charge is 0.254 e. The number of benzene rings is 2. The molecule has 154 valence electrons. The van der Waals surface area contributed by atoms with Crippen LogP contribution in [0.25, 0.3) is 0 Å². The Bertz CT molecular complexity index is 1050. The number of hydrogen-bond donors (Lipinski definition) is 0. The SMILES string of the molecule is Cc1ccc(C(=O)c2ccccc2C(=O)N2CCN(Cc3cc(C)on3)CC2)cc1. The molecule has 0 spiro atoms. The molecule has 0 atom stereocenters. The summed E-state index contributed by atoms with van der Waals surface area (Å²) in [6.07, 6.45) is 0. The summed E-state index contributed by atoms with van der Waals surface area (Å²) in [6.45, 7) is 7.31. The van der Waals surface area contributed by atoms with Crippen LogP contribution in [0.4, 0.5) is 0 Å². The Kier molecular flexibility index (Phi) is 5.77. The fourth-order valence-electron chi connectivity index (χ4n) is 3.73. The van der Waals surface area contributed by atoms with E-state index in [9.17, 15) is 9.59 Å². The Labute approximate surface area is 176 Å². The van der Waals surface area contributed by atoms with Crippen LogP contribution in [0.1, 0.15) is 43.3 Å². The standard InChI is InChI=1S/C24H25N3O3/c1-17-7-9-19(10-8-17)23(28)21-5-3-4-6-22(21)24(29)27-13-11-26(12-14-27)16-20-15-18(2)30-25-20/h3-10,15H,11-14,16H2,1-2H3.